The van der Waals surface area contributed by atoms with Gasteiger partial charge in [0, 0.05) is 22.2 Å². The lowest BCUT2D eigenvalue weighted by molar-refractivity contribution is -0.869. The minimum atomic E-state index is -0.976. The highest BCUT2D eigenvalue weighted by Gasteiger charge is 2.15. The highest BCUT2D eigenvalue weighted by Crippen LogP contribution is 2.09. The smallest absolute Gasteiger partial charge is 0.380 e. The van der Waals surface area contributed by atoms with Crippen molar-refractivity contribution < 1.29 is 24.3 Å². The standard InChI is InChI=1S/C11H12ClNO4/c12-9(8-10(14)15)4-5-11(16)17-13-6-2-1-3-7-13/h1-3,6-7,9H,4-5,8H2/p+1. The molecule has 0 aliphatic rings. The topological polar surface area (TPSA) is 67.5 Å². The maximum atomic E-state index is 11.4. The Morgan fingerprint density at radius 2 is 1.94 bits per heavy atom. The first-order chi connectivity index (χ1) is 8.08. The minimum absolute atomic E-state index is 0.0866. The van der Waals surface area contributed by atoms with E-state index in [9.17, 15) is 9.59 Å². The molecule has 0 aliphatic carbocycles. The molecule has 1 aromatic heterocycles. The van der Waals surface area contributed by atoms with E-state index in [0.717, 1.165) is 0 Å². The number of carbonyl (C=O) groups is 2. The molecule has 6 heteroatoms. The largest absolute Gasteiger partial charge is 0.481 e. The number of rotatable bonds is 6. The number of carboxylic acids is 1. The molecule has 0 bridgehead atoms. The van der Waals surface area contributed by atoms with E-state index in [2.05, 4.69) is 0 Å². The number of hydrogen-bond donors (Lipinski definition) is 1. The number of aliphatic carboxylic acids is 1. The van der Waals surface area contributed by atoms with Crippen LogP contribution in [0.25, 0.3) is 0 Å². The molecule has 92 valence electrons. The van der Waals surface area contributed by atoms with Crippen LogP contribution in [0, 0.1) is 0 Å². The molecule has 1 atom stereocenters. The first-order valence-corrected chi connectivity index (χ1v) is 5.55. The number of carboxylic acid groups (broad SMARTS) is 1. The lowest BCUT2D eigenvalue weighted by atomic mass is 10.2. The maximum absolute atomic E-state index is 11.4. The van der Waals surface area contributed by atoms with Crippen molar-refractivity contribution in [2.45, 2.75) is 24.6 Å². The van der Waals surface area contributed by atoms with Crippen LogP contribution in [0.1, 0.15) is 19.3 Å². The fourth-order valence-corrected chi connectivity index (χ4v) is 1.41. The monoisotopic (exact) mass is 258 g/mol. The molecule has 0 aliphatic heterocycles. The molecule has 5 nitrogen and oxygen atoms in total. The summed E-state index contributed by atoms with van der Waals surface area (Å²) < 4.78 is 1.28. The van der Waals surface area contributed by atoms with Gasteiger partial charge in [-0.2, -0.15) is 4.84 Å². The van der Waals surface area contributed by atoms with E-state index in [1.807, 2.05) is 0 Å². The molecule has 0 aromatic carbocycles. The average Bonchev–Trinajstić information content (AvgIpc) is 2.27. The Morgan fingerprint density at radius 1 is 1.29 bits per heavy atom. The number of nitrogens with zero attached hydrogens (tertiary/aromatic N) is 1. The predicted octanol–water partition coefficient (Wildman–Crippen LogP) is 0.792. The Kier molecular flexibility index (Phi) is 5.42. The maximum Gasteiger partial charge on any atom is 0.380 e. The van der Waals surface area contributed by atoms with Crippen LogP contribution in [-0.2, 0) is 9.59 Å². The summed E-state index contributed by atoms with van der Waals surface area (Å²) in [4.78, 5) is 26.6. The molecule has 0 spiro atoms. The zero-order valence-electron chi connectivity index (χ0n) is 9.08. The van der Waals surface area contributed by atoms with Crippen LogP contribution < -0.4 is 9.57 Å². The third kappa shape index (κ3) is 5.87. The van der Waals surface area contributed by atoms with Gasteiger partial charge in [-0.25, -0.2) is 4.79 Å². The summed E-state index contributed by atoms with van der Waals surface area (Å²) in [5, 5.41) is 7.92. The predicted molar refractivity (Wildman–Crippen MR) is 59.4 cm³/mol. The van der Waals surface area contributed by atoms with E-state index in [-0.39, 0.29) is 19.3 Å². The van der Waals surface area contributed by atoms with Crippen molar-refractivity contribution in [1.29, 1.82) is 0 Å². The van der Waals surface area contributed by atoms with Crippen LogP contribution >= 0.6 is 11.6 Å². The molecule has 1 N–H and O–H groups in total. The highest BCUT2D eigenvalue weighted by molar-refractivity contribution is 6.21. The van der Waals surface area contributed by atoms with Gasteiger partial charge in [-0.1, -0.05) is 6.07 Å². The summed E-state index contributed by atoms with van der Waals surface area (Å²) in [6.07, 6.45) is 3.39. The minimum Gasteiger partial charge on any atom is -0.481 e. The van der Waals surface area contributed by atoms with E-state index in [4.69, 9.17) is 21.5 Å². The zero-order valence-corrected chi connectivity index (χ0v) is 9.84. The molecule has 1 heterocycles. The van der Waals surface area contributed by atoms with Crippen molar-refractivity contribution in [1.82, 2.24) is 0 Å². The van der Waals surface area contributed by atoms with Gasteiger partial charge in [0.15, 0.2) is 0 Å². The lowest BCUT2D eigenvalue weighted by Crippen LogP contribution is -2.45. The molecular formula is C11H13ClNO4+. The molecule has 0 saturated heterocycles. The van der Waals surface area contributed by atoms with Crippen molar-refractivity contribution >= 4 is 23.5 Å². The van der Waals surface area contributed by atoms with E-state index in [1.54, 1.807) is 30.6 Å². The summed E-state index contributed by atoms with van der Waals surface area (Å²) in [6, 6.07) is 5.25. The zero-order chi connectivity index (χ0) is 12.7. The molecule has 0 saturated carbocycles. The van der Waals surface area contributed by atoms with E-state index >= 15 is 0 Å². The summed E-state index contributed by atoms with van der Waals surface area (Å²) in [5.41, 5.74) is 0. The van der Waals surface area contributed by atoms with Gasteiger partial charge in [-0.3, -0.25) is 4.79 Å². The third-order valence-corrected chi connectivity index (χ3v) is 2.33. The van der Waals surface area contributed by atoms with Crippen LogP contribution in [0.5, 0.6) is 0 Å². The summed E-state index contributed by atoms with van der Waals surface area (Å²) in [6.45, 7) is 0. The first kappa shape index (κ1) is 13.4. The van der Waals surface area contributed by atoms with E-state index in [0.29, 0.717) is 0 Å². The Bertz CT molecular complexity index is 382. The second-order valence-corrected chi connectivity index (χ2v) is 4.05. The van der Waals surface area contributed by atoms with Crippen molar-refractivity contribution in [3.63, 3.8) is 0 Å². The highest BCUT2D eigenvalue weighted by atomic mass is 35.5. The second-order valence-electron chi connectivity index (χ2n) is 3.43. The SMILES string of the molecule is O=C(O)CC(Cl)CCC(=O)O[n+]1ccccc1. The molecule has 1 rings (SSSR count). The normalized spacial score (nSPS) is 11.8. The molecule has 1 aromatic rings. The van der Waals surface area contributed by atoms with Gasteiger partial charge in [-0.15, -0.1) is 11.6 Å². The van der Waals surface area contributed by atoms with Crippen molar-refractivity contribution in [3.05, 3.63) is 30.6 Å². The fraction of sp³-hybridized carbons (Fsp3) is 0.364. The number of alkyl halides is 1. The van der Waals surface area contributed by atoms with Crippen LogP contribution in [0.2, 0.25) is 0 Å². The van der Waals surface area contributed by atoms with E-state index < -0.39 is 17.3 Å². The van der Waals surface area contributed by atoms with Crippen molar-refractivity contribution in [3.8, 4) is 0 Å². The number of pyridine rings is 1. The van der Waals surface area contributed by atoms with Crippen LogP contribution in [-0.4, -0.2) is 22.4 Å². The summed E-state index contributed by atoms with van der Waals surface area (Å²) >= 11 is 5.73. The third-order valence-electron chi connectivity index (χ3n) is 1.95. The summed E-state index contributed by atoms with van der Waals surface area (Å²) in [5.74, 6) is -1.42. The first-order valence-electron chi connectivity index (χ1n) is 5.11. The number of aromatic nitrogens is 1. The van der Waals surface area contributed by atoms with Crippen LogP contribution in [0.15, 0.2) is 30.6 Å². The Labute approximate surface area is 104 Å². The average molecular weight is 259 g/mol. The number of hydrogen-bond acceptors (Lipinski definition) is 3. The molecule has 0 radical (unpaired) electrons. The van der Waals surface area contributed by atoms with Crippen molar-refractivity contribution in [2.75, 3.05) is 0 Å². The van der Waals surface area contributed by atoms with Crippen LogP contribution in [0.4, 0.5) is 0 Å². The summed E-state index contributed by atoms with van der Waals surface area (Å²) in [7, 11) is 0. The number of carbonyl (C=O) groups excluding carboxylic acids is 1. The van der Waals surface area contributed by atoms with Gasteiger partial charge in [-0.05, 0) is 6.42 Å². The molecule has 0 fully saturated rings. The number of halogens is 1. The quantitative estimate of drug-likeness (QED) is 0.605. The Hall–Kier alpha value is -1.62. The van der Waals surface area contributed by atoms with Crippen LogP contribution in [0.3, 0.4) is 0 Å². The molecular weight excluding hydrogens is 246 g/mol. The Morgan fingerprint density at radius 3 is 2.53 bits per heavy atom. The molecule has 1 unspecified atom stereocenters. The van der Waals surface area contributed by atoms with Gasteiger partial charge in [0.25, 0.3) is 0 Å². The fourth-order valence-electron chi connectivity index (χ4n) is 1.17. The lowest BCUT2D eigenvalue weighted by Gasteiger charge is -2.03. The second kappa shape index (κ2) is 6.85. The molecule has 17 heavy (non-hydrogen) atoms. The van der Waals surface area contributed by atoms with Gasteiger partial charge in [0.05, 0.1) is 12.8 Å². The van der Waals surface area contributed by atoms with E-state index in [1.165, 1.54) is 4.73 Å². The molecule has 0 amide bonds. The van der Waals surface area contributed by atoms with Gasteiger partial charge >= 0.3 is 11.9 Å². The van der Waals surface area contributed by atoms with Gasteiger partial charge in [0.2, 0.25) is 12.4 Å². The van der Waals surface area contributed by atoms with Crippen molar-refractivity contribution in [2.24, 2.45) is 0 Å². The van der Waals surface area contributed by atoms with Gasteiger partial charge < -0.3 is 5.11 Å². The van der Waals surface area contributed by atoms with Gasteiger partial charge in [0.1, 0.15) is 0 Å². The Balaban J connectivity index is 2.28.